The molecule has 2 N–H and O–H groups in total. The van der Waals surface area contributed by atoms with E-state index in [0.29, 0.717) is 32.0 Å². The number of carbonyl (C=O) groups excluding carboxylic acids is 1. The molecule has 0 aliphatic carbocycles. The van der Waals surface area contributed by atoms with Crippen LogP contribution >= 0.6 is 0 Å². The summed E-state index contributed by atoms with van der Waals surface area (Å²) in [5.74, 6) is 0.352. The van der Waals surface area contributed by atoms with Crippen molar-refractivity contribution in [1.29, 1.82) is 0 Å². The molecule has 2 aliphatic heterocycles. The number of carbonyl (C=O) groups is 2. The molecule has 29 heavy (non-hydrogen) atoms. The van der Waals surface area contributed by atoms with E-state index in [-0.39, 0.29) is 24.1 Å². The molecule has 1 aromatic rings. The third-order valence-corrected chi connectivity index (χ3v) is 5.21. The Bertz CT molecular complexity index is 713. The molecule has 2 amide bonds. The summed E-state index contributed by atoms with van der Waals surface area (Å²) in [4.78, 5) is 35.1. The van der Waals surface area contributed by atoms with Crippen molar-refractivity contribution >= 4 is 17.9 Å². The van der Waals surface area contributed by atoms with Gasteiger partial charge in [-0.05, 0) is 19.8 Å². The second-order valence-electron chi connectivity index (χ2n) is 7.33. The minimum Gasteiger partial charge on any atom is -0.465 e. The predicted molar refractivity (Wildman–Crippen MR) is 98.9 cm³/mol. The number of hydrogen-bond acceptors (Lipinski definition) is 6. The molecule has 2 aliphatic rings. The molecule has 9 nitrogen and oxygen atoms in total. The molecule has 2 fully saturated rings. The maximum atomic E-state index is 12.6. The summed E-state index contributed by atoms with van der Waals surface area (Å²) in [6, 6.07) is -0.309. The number of alkyl halides is 2. The lowest BCUT2D eigenvalue weighted by molar-refractivity contribution is -0.139. The third kappa shape index (κ3) is 5.28. The number of hydrogen-bond donors (Lipinski definition) is 2. The highest BCUT2D eigenvalue weighted by Gasteiger charge is 2.38. The normalized spacial score (nSPS) is 21.7. The highest BCUT2D eigenvalue weighted by molar-refractivity contribution is 5.83. The van der Waals surface area contributed by atoms with E-state index in [2.05, 4.69) is 15.3 Å². The summed E-state index contributed by atoms with van der Waals surface area (Å²) < 4.78 is 30.8. The van der Waals surface area contributed by atoms with Gasteiger partial charge in [0.05, 0.1) is 18.2 Å². The molecule has 0 aromatic carbocycles. The van der Waals surface area contributed by atoms with E-state index in [4.69, 9.17) is 9.84 Å². The van der Waals surface area contributed by atoms with Gasteiger partial charge in [-0.1, -0.05) is 0 Å². The summed E-state index contributed by atoms with van der Waals surface area (Å²) in [5.41, 5.74) is -0.204. The van der Waals surface area contributed by atoms with Gasteiger partial charge in [0.25, 0.3) is 12.3 Å². The third-order valence-electron chi connectivity index (χ3n) is 5.21. The van der Waals surface area contributed by atoms with Gasteiger partial charge in [-0.25, -0.2) is 23.5 Å². The van der Waals surface area contributed by atoms with Crippen molar-refractivity contribution in [2.24, 2.45) is 0 Å². The van der Waals surface area contributed by atoms with Crippen molar-refractivity contribution in [3.05, 3.63) is 18.0 Å². The van der Waals surface area contributed by atoms with Crippen LogP contribution in [0.2, 0.25) is 0 Å². The summed E-state index contributed by atoms with van der Waals surface area (Å²) in [6.45, 7) is 3.69. The molecule has 2 saturated heterocycles. The van der Waals surface area contributed by atoms with Gasteiger partial charge < -0.3 is 25.0 Å². The van der Waals surface area contributed by atoms with Crippen molar-refractivity contribution in [1.82, 2.24) is 20.2 Å². The Morgan fingerprint density at radius 1 is 1.28 bits per heavy atom. The number of anilines is 1. The zero-order valence-corrected chi connectivity index (χ0v) is 16.1. The fourth-order valence-electron chi connectivity index (χ4n) is 3.69. The molecule has 0 saturated carbocycles. The van der Waals surface area contributed by atoms with Gasteiger partial charge in [-0.15, -0.1) is 0 Å². The monoisotopic (exact) mass is 413 g/mol. The molecule has 1 aromatic heterocycles. The maximum absolute atomic E-state index is 12.6. The van der Waals surface area contributed by atoms with Crippen LogP contribution in [-0.4, -0.2) is 76.4 Å². The van der Waals surface area contributed by atoms with Crippen molar-refractivity contribution in [3.8, 4) is 0 Å². The second-order valence-corrected chi connectivity index (χ2v) is 7.33. The quantitative estimate of drug-likeness (QED) is 0.700. The van der Waals surface area contributed by atoms with Gasteiger partial charge in [0, 0.05) is 44.5 Å². The lowest BCUT2D eigenvalue weighted by Gasteiger charge is -2.36. The highest BCUT2D eigenvalue weighted by Crippen LogP contribution is 2.26. The molecule has 3 rings (SSSR count). The van der Waals surface area contributed by atoms with Gasteiger partial charge in [0.15, 0.2) is 0 Å². The first-order valence-electron chi connectivity index (χ1n) is 9.61. The van der Waals surface area contributed by atoms with Crippen LogP contribution in [0.15, 0.2) is 12.4 Å². The summed E-state index contributed by atoms with van der Waals surface area (Å²) in [7, 11) is 0. The summed E-state index contributed by atoms with van der Waals surface area (Å²) >= 11 is 0. The van der Waals surface area contributed by atoms with Crippen LogP contribution in [0, 0.1) is 0 Å². The Kier molecular flexibility index (Phi) is 6.78. The Morgan fingerprint density at radius 2 is 1.93 bits per heavy atom. The lowest BCUT2D eigenvalue weighted by atomic mass is 10.0. The molecule has 2 atom stereocenters. The van der Waals surface area contributed by atoms with Crippen LogP contribution in [0.5, 0.6) is 0 Å². The van der Waals surface area contributed by atoms with Crippen molar-refractivity contribution in [3.63, 3.8) is 0 Å². The summed E-state index contributed by atoms with van der Waals surface area (Å²) in [6.07, 6.45) is 0.0727. The Balaban J connectivity index is 1.47. The Morgan fingerprint density at radius 3 is 2.52 bits per heavy atom. The van der Waals surface area contributed by atoms with E-state index >= 15 is 0 Å². The molecule has 0 radical (unpaired) electrons. The van der Waals surface area contributed by atoms with Crippen molar-refractivity contribution < 1.29 is 28.2 Å². The van der Waals surface area contributed by atoms with Gasteiger partial charge in [0.1, 0.15) is 6.10 Å². The zero-order valence-electron chi connectivity index (χ0n) is 16.1. The van der Waals surface area contributed by atoms with Gasteiger partial charge in [-0.3, -0.25) is 4.79 Å². The minimum absolute atomic E-state index is 0.0662. The molecular weight excluding hydrogens is 388 g/mol. The topological polar surface area (TPSA) is 108 Å². The number of ether oxygens (including phenoxy) is 1. The van der Waals surface area contributed by atoms with Crippen LogP contribution in [0.1, 0.15) is 38.2 Å². The number of halogens is 2. The van der Waals surface area contributed by atoms with E-state index < -0.39 is 24.7 Å². The van der Waals surface area contributed by atoms with Crippen molar-refractivity contribution in [2.75, 3.05) is 31.1 Å². The Labute approximate surface area is 167 Å². The number of amides is 2. The smallest absolute Gasteiger partial charge is 0.404 e. The zero-order chi connectivity index (χ0) is 21.0. The lowest BCUT2D eigenvalue weighted by Crippen LogP contribution is -2.47. The number of nitrogens with zero attached hydrogens (tertiary/aromatic N) is 4. The highest BCUT2D eigenvalue weighted by atomic mass is 19.3. The Hall–Kier alpha value is -2.56. The number of likely N-dealkylation sites (tertiary alicyclic amines) is 1. The molecule has 3 heterocycles. The van der Waals surface area contributed by atoms with Gasteiger partial charge in [0.2, 0.25) is 5.95 Å². The van der Waals surface area contributed by atoms with Crippen LogP contribution in [0.3, 0.4) is 0 Å². The second kappa shape index (κ2) is 9.29. The van der Waals surface area contributed by atoms with E-state index in [9.17, 15) is 18.4 Å². The number of rotatable bonds is 7. The summed E-state index contributed by atoms with van der Waals surface area (Å²) in [5, 5.41) is 11.0. The molecule has 1 unspecified atom stereocenters. The molecule has 0 bridgehead atoms. The number of carboxylic acid groups (broad SMARTS) is 1. The van der Waals surface area contributed by atoms with E-state index in [1.165, 1.54) is 0 Å². The van der Waals surface area contributed by atoms with Gasteiger partial charge >= 0.3 is 6.09 Å². The number of piperidine rings is 1. The van der Waals surface area contributed by atoms with Crippen LogP contribution in [0.4, 0.5) is 19.5 Å². The van der Waals surface area contributed by atoms with Gasteiger partial charge in [-0.2, -0.15) is 0 Å². The molecule has 0 spiro atoms. The minimum atomic E-state index is -2.59. The SMILES string of the molecule is C[C@@H](COC1CCN(C2CCN(c3ncc(C(F)F)cn3)CC2)C1=O)NC(=O)O. The first-order chi connectivity index (χ1) is 13.8. The van der Waals surface area contributed by atoms with Crippen molar-refractivity contribution in [2.45, 2.75) is 50.8 Å². The fourth-order valence-corrected chi connectivity index (χ4v) is 3.69. The molecular formula is C18H25F2N5O4. The van der Waals surface area contributed by atoms with E-state index in [0.717, 1.165) is 25.2 Å². The number of aromatic nitrogens is 2. The average Bonchev–Trinajstić information content (AvgIpc) is 3.06. The maximum Gasteiger partial charge on any atom is 0.404 e. The van der Waals surface area contributed by atoms with Crippen LogP contribution in [-0.2, 0) is 9.53 Å². The van der Waals surface area contributed by atoms with Crippen LogP contribution in [0.25, 0.3) is 0 Å². The first kappa shape index (κ1) is 21.2. The van der Waals surface area contributed by atoms with Crippen LogP contribution < -0.4 is 10.2 Å². The number of nitrogens with one attached hydrogen (secondary N) is 1. The standard InChI is InChI=1S/C18H25F2N5O4/c1-11(23-18(27)28)10-29-14-4-7-25(16(14)26)13-2-5-24(6-3-13)17-21-8-12(9-22-17)15(19)20/h8-9,11,13-15,23H,2-7,10H2,1H3,(H,27,28)/t11-,14?/m0/s1. The molecule has 160 valence electrons. The predicted octanol–water partition coefficient (Wildman–Crippen LogP) is 1.66. The largest absolute Gasteiger partial charge is 0.465 e. The van der Waals surface area contributed by atoms with E-state index in [1.807, 2.05) is 9.80 Å². The van der Waals surface area contributed by atoms with E-state index in [1.54, 1.807) is 6.92 Å². The fraction of sp³-hybridized carbons (Fsp3) is 0.667. The first-order valence-corrected chi connectivity index (χ1v) is 9.61. The molecule has 11 heteroatoms. The average molecular weight is 413 g/mol.